The van der Waals surface area contributed by atoms with Crippen molar-refractivity contribution in [1.29, 1.82) is 0 Å². The van der Waals surface area contributed by atoms with Gasteiger partial charge in [-0.3, -0.25) is 0 Å². The quantitative estimate of drug-likeness (QED) is 0.649. The molecule has 4 N–H and O–H groups in total. The molecule has 0 radical (unpaired) electrons. The summed E-state index contributed by atoms with van der Waals surface area (Å²) in [6.07, 6.45) is -0.158. The number of phenols is 3. The van der Waals surface area contributed by atoms with Crippen molar-refractivity contribution in [2.24, 2.45) is 0 Å². The monoisotopic (exact) mass is 290 g/mol. The van der Waals surface area contributed by atoms with Crippen LogP contribution in [0.3, 0.4) is 0 Å². The van der Waals surface area contributed by atoms with Crippen LogP contribution in [0.2, 0.25) is 0 Å². The molecule has 0 heterocycles. The number of benzene rings is 2. The molecule has 5 heteroatoms. The van der Waals surface area contributed by atoms with Crippen molar-refractivity contribution in [3.8, 4) is 17.2 Å². The highest BCUT2D eigenvalue weighted by molar-refractivity contribution is 5.48. The van der Waals surface area contributed by atoms with E-state index in [1.54, 1.807) is 12.1 Å². The van der Waals surface area contributed by atoms with Gasteiger partial charge in [0.05, 0.1) is 6.10 Å². The summed E-state index contributed by atoms with van der Waals surface area (Å²) in [5.74, 6) is -1.60. The first kappa shape index (κ1) is 13.7. The molecule has 2 atom stereocenters. The van der Waals surface area contributed by atoms with Crippen molar-refractivity contribution in [1.82, 2.24) is 0 Å². The maximum Gasteiger partial charge on any atom is 0.165 e. The van der Waals surface area contributed by atoms with E-state index in [4.69, 9.17) is 0 Å². The first-order chi connectivity index (χ1) is 9.95. The molecule has 0 unspecified atom stereocenters. The Hall–Kier alpha value is -2.27. The SMILES string of the molecule is Oc1cc(O)c2c(c1)C[C@H](c1ccc(O)c(F)c1)[C@@H](O)C2. The van der Waals surface area contributed by atoms with E-state index in [1.165, 1.54) is 18.2 Å². The molecule has 0 fully saturated rings. The van der Waals surface area contributed by atoms with Gasteiger partial charge in [0.25, 0.3) is 0 Å². The van der Waals surface area contributed by atoms with Crippen LogP contribution in [-0.4, -0.2) is 26.5 Å². The third kappa shape index (κ3) is 2.40. The van der Waals surface area contributed by atoms with E-state index in [1.807, 2.05) is 0 Å². The molecule has 0 bridgehead atoms. The lowest BCUT2D eigenvalue weighted by Gasteiger charge is -2.30. The molecule has 0 saturated carbocycles. The topological polar surface area (TPSA) is 80.9 Å². The van der Waals surface area contributed by atoms with E-state index in [0.717, 1.165) is 5.56 Å². The Bertz CT molecular complexity index is 699. The maximum atomic E-state index is 13.5. The van der Waals surface area contributed by atoms with Gasteiger partial charge in [-0.25, -0.2) is 4.39 Å². The van der Waals surface area contributed by atoms with E-state index < -0.39 is 17.7 Å². The van der Waals surface area contributed by atoms with Gasteiger partial charge < -0.3 is 20.4 Å². The fourth-order valence-corrected chi connectivity index (χ4v) is 2.93. The van der Waals surface area contributed by atoms with Crippen molar-refractivity contribution in [2.45, 2.75) is 24.9 Å². The Morgan fingerprint density at radius 2 is 1.71 bits per heavy atom. The lowest BCUT2D eigenvalue weighted by molar-refractivity contribution is 0.134. The Kier molecular flexibility index (Phi) is 3.22. The number of rotatable bonds is 1. The molecule has 0 aliphatic heterocycles. The molecular formula is C16H15FO4. The van der Waals surface area contributed by atoms with Crippen LogP contribution in [0.5, 0.6) is 17.2 Å². The largest absolute Gasteiger partial charge is 0.508 e. The fourth-order valence-electron chi connectivity index (χ4n) is 2.93. The molecule has 3 rings (SSSR count). The maximum absolute atomic E-state index is 13.5. The lowest BCUT2D eigenvalue weighted by atomic mass is 9.77. The predicted molar refractivity (Wildman–Crippen MR) is 74.0 cm³/mol. The summed E-state index contributed by atoms with van der Waals surface area (Å²) in [5, 5.41) is 38.9. The number of fused-ring (bicyclic) bond motifs is 1. The minimum atomic E-state index is -0.767. The van der Waals surface area contributed by atoms with Crippen LogP contribution in [0.1, 0.15) is 22.6 Å². The van der Waals surface area contributed by atoms with Gasteiger partial charge in [0.1, 0.15) is 11.5 Å². The molecule has 21 heavy (non-hydrogen) atoms. The normalized spacial score (nSPS) is 21.0. The summed E-state index contributed by atoms with van der Waals surface area (Å²) < 4.78 is 13.5. The van der Waals surface area contributed by atoms with Gasteiger partial charge in [0.2, 0.25) is 0 Å². The Labute approximate surface area is 120 Å². The van der Waals surface area contributed by atoms with Crippen LogP contribution < -0.4 is 0 Å². The molecule has 1 aliphatic rings. The first-order valence-electron chi connectivity index (χ1n) is 6.66. The van der Waals surface area contributed by atoms with Crippen molar-refractivity contribution in [3.05, 3.63) is 52.8 Å². The van der Waals surface area contributed by atoms with Gasteiger partial charge in [-0.2, -0.15) is 0 Å². The summed E-state index contributed by atoms with van der Waals surface area (Å²) in [4.78, 5) is 0. The van der Waals surface area contributed by atoms with Gasteiger partial charge in [0, 0.05) is 18.4 Å². The standard InChI is InChI=1S/C16H15FO4/c17-13-5-8(1-2-14(13)19)11-4-9-3-10(18)6-15(20)12(9)7-16(11)21/h1-3,5-6,11,16,18-21H,4,7H2/t11-,16+/m1/s1. The van der Waals surface area contributed by atoms with E-state index in [-0.39, 0.29) is 23.8 Å². The van der Waals surface area contributed by atoms with Gasteiger partial charge in [0.15, 0.2) is 11.6 Å². The van der Waals surface area contributed by atoms with E-state index in [9.17, 15) is 24.8 Å². The van der Waals surface area contributed by atoms with Crippen molar-refractivity contribution < 1.29 is 24.8 Å². The number of hydrogen-bond acceptors (Lipinski definition) is 4. The summed E-state index contributed by atoms with van der Waals surface area (Å²) in [7, 11) is 0. The Morgan fingerprint density at radius 1 is 0.952 bits per heavy atom. The van der Waals surface area contributed by atoms with Crippen molar-refractivity contribution >= 4 is 0 Å². The summed E-state index contributed by atoms with van der Waals surface area (Å²) in [5.41, 5.74) is 1.92. The van der Waals surface area contributed by atoms with E-state index in [0.29, 0.717) is 17.5 Å². The molecule has 0 spiro atoms. The highest BCUT2D eigenvalue weighted by Crippen LogP contribution is 2.39. The van der Waals surface area contributed by atoms with Gasteiger partial charge in [-0.15, -0.1) is 0 Å². The number of aliphatic hydroxyl groups is 1. The Balaban J connectivity index is 2.00. The minimum absolute atomic E-state index is 0.0422. The average Bonchev–Trinajstić information content (AvgIpc) is 2.42. The van der Waals surface area contributed by atoms with Crippen molar-refractivity contribution in [3.63, 3.8) is 0 Å². The van der Waals surface area contributed by atoms with Crippen LogP contribution in [0.15, 0.2) is 30.3 Å². The molecule has 1 aliphatic carbocycles. The van der Waals surface area contributed by atoms with Crippen molar-refractivity contribution in [2.75, 3.05) is 0 Å². The molecule has 0 saturated heterocycles. The third-order valence-electron chi connectivity index (χ3n) is 4.02. The average molecular weight is 290 g/mol. The summed E-state index contributed by atoms with van der Waals surface area (Å²) >= 11 is 0. The Morgan fingerprint density at radius 3 is 2.43 bits per heavy atom. The zero-order valence-corrected chi connectivity index (χ0v) is 11.1. The third-order valence-corrected chi connectivity index (χ3v) is 4.02. The highest BCUT2D eigenvalue weighted by atomic mass is 19.1. The molecule has 2 aromatic carbocycles. The molecule has 0 amide bonds. The lowest BCUT2D eigenvalue weighted by Crippen LogP contribution is -2.28. The van der Waals surface area contributed by atoms with Gasteiger partial charge in [-0.05, 0) is 41.3 Å². The zero-order valence-electron chi connectivity index (χ0n) is 11.1. The van der Waals surface area contributed by atoms with Crippen LogP contribution in [-0.2, 0) is 12.8 Å². The van der Waals surface area contributed by atoms with Crippen LogP contribution in [0, 0.1) is 5.82 Å². The van der Waals surface area contributed by atoms with Gasteiger partial charge in [-0.1, -0.05) is 6.07 Å². The molecule has 2 aromatic rings. The smallest absolute Gasteiger partial charge is 0.165 e. The summed E-state index contributed by atoms with van der Waals surface area (Å²) in [6.45, 7) is 0. The van der Waals surface area contributed by atoms with Gasteiger partial charge >= 0.3 is 0 Å². The molecule has 110 valence electrons. The number of aliphatic hydroxyl groups excluding tert-OH is 1. The summed E-state index contributed by atoms with van der Waals surface area (Å²) in [6, 6.07) is 6.82. The number of halogens is 1. The molecule has 4 nitrogen and oxygen atoms in total. The predicted octanol–water partition coefficient (Wildman–Crippen LogP) is 2.19. The minimum Gasteiger partial charge on any atom is -0.508 e. The molecule has 0 aromatic heterocycles. The van der Waals surface area contributed by atoms with E-state index in [2.05, 4.69) is 0 Å². The number of hydrogen-bond donors (Lipinski definition) is 4. The van der Waals surface area contributed by atoms with Crippen LogP contribution >= 0.6 is 0 Å². The second-order valence-corrected chi connectivity index (χ2v) is 5.40. The first-order valence-corrected chi connectivity index (χ1v) is 6.66. The molecular weight excluding hydrogens is 275 g/mol. The number of phenolic OH excluding ortho intramolecular Hbond substituents is 3. The second kappa shape index (κ2) is 4.93. The number of aromatic hydroxyl groups is 3. The highest BCUT2D eigenvalue weighted by Gasteiger charge is 2.30. The van der Waals surface area contributed by atoms with Crippen LogP contribution in [0.4, 0.5) is 4.39 Å². The fraction of sp³-hybridized carbons (Fsp3) is 0.250. The second-order valence-electron chi connectivity index (χ2n) is 5.40. The zero-order chi connectivity index (χ0) is 15.1. The van der Waals surface area contributed by atoms with E-state index >= 15 is 0 Å². The van der Waals surface area contributed by atoms with Crippen LogP contribution in [0.25, 0.3) is 0 Å².